The van der Waals surface area contributed by atoms with E-state index in [4.69, 9.17) is 25.8 Å². The molecule has 0 aliphatic rings. The summed E-state index contributed by atoms with van der Waals surface area (Å²) in [6.07, 6.45) is 2.29. The Morgan fingerprint density at radius 3 is 1.95 bits per heavy atom. The van der Waals surface area contributed by atoms with E-state index in [-0.39, 0.29) is 5.54 Å². The molecule has 0 saturated heterocycles. The van der Waals surface area contributed by atoms with Crippen LogP contribution in [-0.2, 0) is 14.2 Å². The van der Waals surface area contributed by atoms with E-state index in [9.17, 15) is 0 Å². The van der Waals surface area contributed by atoms with Gasteiger partial charge in [0.05, 0.1) is 33.0 Å². The van der Waals surface area contributed by atoms with Crippen LogP contribution in [0.3, 0.4) is 0 Å². The Bertz CT molecular complexity index is 192. The molecule has 19 heavy (non-hydrogen) atoms. The molecule has 4 nitrogen and oxygen atoms in total. The first-order valence-corrected chi connectivity index (χ1v) is 7.70. The number of rotatable bonds is 14. The standard InChI is InChI=1S/C14H30ClNO3/c1-4-5-7-17-9-11-19-12-10-18-8-6-16-14(2,3)13-15/h16H,4-13H2,1-3H3. The van der Waals surface area contributed by atoms with E-state index in [0.29, 0.717) is 38.9 Å². The Balaban J connectivity index is 3.07. The molecule has 0 radical (unpaired) electrons. The summed E-state index contributed by atoms with van der Waals surface area (Å²) in [6.45, 7) is 11.2. The van der Waals surface area contributed by atoms with Crippen LogP contribution in [-0.4, -0.2) is 57.6 Å². The van der Waals surface area contributed by atoms with Crippen LogP contribution in [0.2, 0.25) is 0 Å². The average Bonchev–Trinajstić information content (AvgIpc) is 2.40. The lowest BCUT2D eigenvalue weighted by Gasteiger charge is -2.23. The maximum Gasteiger partial charge on any atom is 0.0701 e. The summed E-state index contributed by atoms with van der Waals surface area (Å²) < 4.78 is 16.2. The molecule has 0 rings (SSSR count). The molecule has 0 aliphatic heterocycles. The molecular weight excluding hydrogens is 266 g/mol. The Morgan fingerprint density at radius 1 is 0.895 bits per heavy atom. The van der Waals surface area contributed by atoms with Crippen LogP contribution < -0.4 is 5.32 Å². The quantitative estimate of drug-likeness (QED) is 0.395. The van der Waals surface area contributed by atoms with Gasteiger partial charge in [-0.25, -0.2) is 0 Å². The van der Waals surface area contributed by atoms with Gasteiger partial charge in [-0.2, -0.15) is 0 Å². The zero-order valence-corrected chi connectivity index (χ0v) is 13.4. The summed E-state index contributed by atoms with van der Waals surface area (Å²) in [5.41, 5.74) is -0.0305. The van der Waals surface area contributed by atoms with Gasteiger partial charge in [-0.1, -0.05) is 13.3 Å². The van der Waals surface area contributed by atoms with Gasteiger partial charge in [0.25, 0.3) is 0 Å². The lowest BCUT2D eigenvalue weighted by atomic mass is 10.1. The van der Waals surface area contributed by atoms with E-state index in [1.807, 2.05) is 0 Å². The Labute approximate surface area is 123 Å². The fraction of sp³-hybridized carbons (Fsp3) is 1.00. The van der Waals surface area contributed by atoms with Crippen molar-refractivity contribution in [3.05, 3.63) is 0 Å². The second-order valence-corrected chi connectivity index (χ2v) is 5.40. The first kappa shape index (κ1) is 19.1. The molecule has 5 heteroatoms. The van der Waals surface area contributed by atoms with Gasteiger partial charge in [0, 0.05) is 24.6 Å². The van der Waals surface area contributed by atoms with Crippen LogP contribution in [0.5, 0.6) is 0 Å². The van der Waals surface area contributed by atoms with Crippen molar-refractivity contribution in [1.82, 2.24) is 5.32 Å². The largest absolute Gasteiger partial charge is 0.379 e. The second-order valence-electron chi connectivity index (χ2n) is 5.13. The number of unbranched alkanes of at least 4 members (excludes halogenated alkanes) is 1. The van der Waals surface area contributed by atoms with Crippen molar-refractivity contribution in [2.45, 2.75) is 39.2 Å². The summed E-state index contributed by atoms with van der Waals surface area (Å²) in [6, 6.07) is 0. The van der Waals surface area contributed by atoms with Gasteiger partial charge in [0.1, 0.15) is 0 Å². The average molecular weight is 296 g/mol. The van der Waals surface area contributed by atoms with Crippen molar-refractivity contribution in [1.29, 1.82) is 0 Å². The summed E-state index contributed by atoms with van der Waals surface area (Å²) in [5.74, 6) is 0.591. The minimum atomic E-state index is -0.0305. The van der Waals surface area contributed by atoms with E-state index in [1.165, 1.54) is 6.42 Å². The van der Waals surface area contributed by atoms with E-state index in [1.54, 1.807) is 0 Å². The van der Waals surface area contributed by atoms with Crippen molar-refractivity contribution in [2.75, 3.05) is 52.1 Å². The van der Waals surface area contributed by atoms with Gasteiger partial charge >= 0.3 is 0 Å². The molecular formula is C14H30ClNO3. The van der Waals surface area contributed by atoms with Crippen molar-refractivity contribution < 1.29 is 14.2 Å². The fourth-order valence-corrected chi connectivity index (χ4v) is 1.39. The summed E-state index contributed by atoms with van der Waals surface area (Å²) in [4.78, 5) is 0. The van der Waals surface area contributed by atoms with Crippen molar-refractivity contribution in [2.24, 2.45) is 0 Å². The SMILES string of the molecule is CCCCOCCOCCOCCNC(C)(C)CCl. The molecule has 0 bridgehead atoms. The van der Waals surface area contributed by atoms with Crippen LogP contribution in [0.25, 0.3) is 0 Å². The van der Waals surface area contributed by atoms with Crippen molar-refractivity contribution >= 4 is 11.6 Å². The lowest BCUT2D eigenvalue weighted by molar-refractivity contribution is 0.0141. The fourth-order valence-electron chi connectivity index (χ4n) is 1.30. The highest BCUT2D eigenvalue weighted by Crippen LogP contribution is 2.02. The Kier molecular flexibility index (Phi) is 13.2. The normalized spacial score (nSPS) is 12.0. The van der Waals surface area contributed by atoms with E-state index < -0.39 is 0 Å². The Hall–Kier alpha value is 0.130. The molecule has 0 fully saturated rings. The predicted molar refractivity (Wildman–Crippen MR) is 80.2 cm³/mol. The maximum absolute atomic E-state index is 5.80. The molecule has 1 N–H and O–H groups in total. The zero-order chi connectivity index (χ0) is 14.4. The molecule has 0 aromatic heterocycles. The van der Waals surface area contributed by atoms with E-state index in [2.05, 4.69) is 26.1 Å². The topological polar surface area (TPSA) is 39.7 Å². The summed E-state index contributed by atoms with van der Waals surface area (Å²) in [5, 5.41) is 3.32. The van der Waals surface area contributed by atoms with Gasteiger partial charge in [-0.05, 0) is 20.3 Å². The molecule has 0 aromatic carbocycles. The third-order valence-corrected chi connectivity index (χ3v) is 3.24. The third kappa shape index (κ3) is 14.4. The number of hydrogen-bond donors (Lipinski definition) is 1. The highest BCUT2D eigenvalue weighted by atomic mass is 35.5. The van der Waals surface area contributed by atoms with Crippen LogP contribution >= 0.6 is 11.6 Å². The number of nitrogens with one attached hydrogen (secondary N) is 1. The third-order valence-electron chi connectivity index (χ3n) is 2.57. The highest BCUT2D eigenvalue weighted by Gasteiger charge is 2.13. The van der Waals surface area contributed by atoms with Crippen LogP contribution in [0.4, 0.5) is 0 Å². The highest BCUT2D eigenvalue weighted by molar-refractivity contribution is 6.18. The molecule has 0 atom stereocenters. The second kappa shape index (κ2) is 13.1. The summed E-state index contributed by atoms with van der Waals surface area (Å²) >= 11 is 5.80. The summed E-state index contributed by atoms with van der Waals surface area (Å²) in [7, 11) is 0. The number of halogens is 1. The number of ether oxygens (including phenoxy) is 3. The molecule has 0 unspecified atom stereocenters. The smallest absolute Gasteiger partial charge is 0.0701 e. The van der Waals surface area contributed by atoms with Gasteiger partial charge in [-0.3, -0.25) is 0 Å². The van der Waals surface area contributed by atoms with Crippen LogP contribution in [0.1, 0.15) is 33.6 Å². The maximum atomic E-state index is 5.80. The molecule has 0 heterocycles. The van der Waals surface area contributed by atoms with Crippen molar-refractivity contribution in [3.8, 4) is 0 Å². The molecule has 0 aliphatic carbocycles. The molecule has 0 saturated carbocycles. The Morgan fingerprint density at radius 2 is 1.42 bits per heavy atom. The number of hydrogen-bond acceptors (Lipinski definition) is 4. The number of alkyl halides is 1. The minimum absolute atomic E-state index is 0.0305. The molecule has 0 aromatic rings. The first-order valence-electron chi connectivity index (χ1n) is 7.16. The van der Waals surface area contributed by atoms with Crippen molar-refractivity contribution in [3.63, 3.8) is 0 Å². The molecule has 0 spiro atoms. The molecule has 0 amide bonds. The van der Waals surface area contributed by atoms with E-state index in [0.717, 1.165) is 19.6 Å². The minimum Gasteiger partial charge on any atom is -0.379 e. The van der Waals surface area contributed by atoms with Crippen LogP contribution in [0, 0.1) is 0 Å². The van der Waals surface area contributed by atoms with Gasteiger partial charge in [-0.15, -0.1) is 11.6 Å². The predicted octanol–water partition coefficient (Wildman–Crippen LogP) is 2.44. The zero-order valence-electron chi connectivity index (χ0n) is 12.7. The van der Waals surface area contributed by atoms with Crippen LogP contribution in [0.15, 0.2) is 0 Å². The van der Waals surface area contributed by atoms with Gasteiger partial charge in [0.15, 0.2) is 0 Å². The van der Waals surface area contributed by atoms with E-state index >= 15 is 0 Å². The molecule has 116 valence electrons. The van der Waals surface area contributed by atoms with Gasteiger partial charge in [0.2, 0.25) is 0 Å². The monoisotopic (exact) mass is 295 g/mol. The first-order chi connectivity index (χ1) is 9.12. The van der Waals surface area contributed by atoms with Gasteiger partial charge < -0.3 is 19.5 Å². The lowest BCUT2D eigenvalue weighted by Crippen LogP contribution is -2.42.